The number of hydrogen-bond donors (Lipinski definition) is 1. The maximum absolute atomic E-state index is 9.49. The average molecular weight is 255 g/mol. The smallest absolute Gasteiger partial charge is 0.138 e. The summed E-state index contributed by atoms with van der Waals surface area (Å²) in [5, 5.41) is 9.49. The standard InChI is InChI=1S/C10H11BrN2O/c1-6-4-3-5-8-12-9(7(2)14)10(11)13(6)8/h3-5,7,14H,1-2H3. The van der Waals surface area contributed by atoms with Crippen LogP contribution in [0.15, 0.2) is 22.8 Å². The normalized spacial score (nSPS) is 13.4. The van der Waals surface area contributed by atoms with Gasteiger partial charge >= 0.3 is 0 Å². The summed E-state index contributed by atoms with van der Waals surface area (Å²) in [6.07, 6.45) is -0.552. The van der Waals surface area contributed by atoms with Crippen molar-refractivity contribution in [3.63, 3.8) is 0 Å². The maximum atomic E-state index is 9.49. The Labute approximate surface area is 90.5 Å². The lowest BCUT2D eigenvalue weighted by Gasteiger charge is -2.01. The molecule has 0 saturated carbocycles. The van der Waals surface area contributed by atoms with Gasteiger partial charge in [0.25, 0.3) is 0 Å². The molecule has 1 unspecified atom stereocenters. The zero-order valence-electron chi connectivity index (χ0n) is 8.03. The molecule has 74 valence electrons. The minimum absolute atomic E-state index is 0.552. The van der Waals surface area contributed by atoms with E-state index in [1.165, 1.54) is 0 Å². The highest BCUT2D eigenvalue weighted by Crippen LogP contribution is 2.25. The highest BCUT2D eigenvalue weighted by Gasteiger charge is 2.14. The second-order valence-corrected chi connectivity index (χ2v) is 4.08. The second kappa shape index (κ2) is 3.37. The number of imidazole rings is 1. The highest BCUT2D eigenvalue weighted by molar-refractivity contribution is 9.10. The van der Waals surface area contributed by atoms with Gasteiger partial charge in [0.15, 0.2) is 0 Å². The number of pyridine rings is 1. The van der Waals surface area contributed by atoms with Crippen molar-refractivity contribution in [2.24, 2.45) is 0 Å². The molecule has 14 heavy (non-hydrogen) atoms. The van der Waals surface area contributed by atoms with Gasteiger partial charge in [0.2, 0.25) is 0 Å². The predicted molar refractivity (Wildman–Crippen MR) is 58.3 cm³/mol. The number of rotatable bonds is 1. The van der Waals surface area contributed by atoms with Gasteiger partial charge in [0.1, 0.15) is 15.9 Å². The Hall–Kier alpha value is -0.870. The molecule has 0 aliphatic heterocycles. The molecule has 0 aliphatic carbocycles. The van der Waals surface area contributed by atoms with Crippen LogP contribution in [0.1, 0.15) is 24.4 Å². The minimum Gasteiger partial charge on any atom is -0.387 e. The number of halogens is 1. The zero-order valence-corrected chi connectivity index (χ0v) is 9.62. The van der Waals surface area contributed by atoms with Crippen LogP contribution in [-0.4, -0.2) is 14.5 Å². The number of aromatic nitrogens is 2. The molecule has 0 fully saturated rings. The molecular weight excluding hydrogens is 244 g/mol. The first-order valence-electron chi connectivity index (χ1n) is 4.43. The van der Waals surface area contributed by atoms with Crippen LogP contribution in [-0.2, 0) is 0 Å². The number of fused-ring (bicyclic) bond motifs is 1. The molecule has 4 heteroatoms. The monoisotopic (exact) mass is 254 g/mol. The van der Waals surface area contributed by atoms with Gasteiger partial charge < -0.3 is 5.11 Å². The summed E-state index contributed by atoms with van der Waals surface area (Å²) in [6, 6.07) is 5.88. The summed E-state index contributed by atoms with van der Waals surface area (Å²) in [5.41, 5.74) is 2.63. The van der Waals surface area contributed by atoms with E-state index in [0.29, 0.717) is 5.69 Å². The molecule has 0 spiro atoms. The molecule has 0 bridgehead atoms. The average Bonchev–Trinajstić information content (AvgIpc) is 2.45. The topological polar surface area (TPSA) is 37.5 Å². The van der Waals surface area contributed by atoms with E-state index < -0.39 is 6.10 Å². The molecule has 2 aromatic heterocycles. The summed E-state index contributed by atoms with van der Waals surface area (Å²) in [6.45, 7) is 3.72. The SMILES string of the molecule is Cc1cccc2nc(C(C)O)c(Br)n12. The van der Waals surface area contributed by atoms with Crippen molar-refractivity contribution in [3.05, 3.63) is 34.2 Å². The van der Waals surface area contributed by atoms with Gasteiger partial charge in [-0.25, -0.2) is 4.98 Å². The Bertz CT molecular complexity index is 476. The number of nitrogens with zero attached hydrogens (tertiary/aromatic N) is 2. The first kappa shape index (κ1) is 9.68. The van der Waals surface area contributed by atoms with Crippen LogP contribution in [0.4, 0.5) is 0 Å². The van der Waals surface area contributed by atoms with Crippen molar-refractivity contribution in [2.75, 3.05) is 0 Å². The van der Waals surface area contributed by atoms with E-state index in [4.69, 9.17) is 0 Å². The molecule has 2 rings (SSSR count). The van der Waals surface area contributed by atoms with Gasteiger partial charge in [0, 0.05) is 5.69 Å². The van der Waals surface area contributed by atoms with E-state index in [9.17, 15) is 5.11 Å². The Kier molecular flexibility index (Phi) is 2.33. The molecule has 3 nitrogen and oxygen atoms in total. The summed E-state index contributed by atoms with van der Waals surface area (Å²) < 4.78 is 2.81. The summed E-state index contributed by atoms with van der Waals surface area (Å²) in [5.74, 6) is 0. The van der Waals surface area contributed by atoms with E-state index in [1.807, 2.05) is 29.5 Å². The third kappa shape index (κ3) is 1.35. The summed E-state index contributed by atoms with van der Waals surface area (Å²) in [4.78, 5) is 4.34. The first-order valence-corrected chi connectivity index (χ1v) is 5.22. The third-order valence-corrected chi connectivity index (χ3v) is 2.96. The minimum atomic E-state index is -0.552. The molecular formula is C10H11BrN2O. The van der Waals surface area contributed by atoms with Crippen LogP contribution in [0.2, 0.25) is 0 Å². The zero-order chi connectivity index (χ0) is 10.3. The fourth-order valence-corrected chi connectivity index (χ4v) is 2.38. The largest absolute Gasteiger partial charge is 0.387 e. The maximum Gasteiger partial charge on any atom is 0.138 e. The quantitative estimate of drug-likeness (QED) is 0.849. The van der Waals surface area contributed by atoms with Crippen molar-refractivity contribution in [3.8, 4) is 0 Å². The van der Waals surface area contributed by atoms with Gasteiger partial charge in [0.05, 0.1) is 6.10 Å². The van der Waals surface area contributed by atoms with E-state index in [-0.39, 0.29) is 0 Å². The van der Waals surface area contributed by atoms with E-state index in [2.05, 4.69) is 20.9 Å². The van der Waals surface area contributed by atoms with E-state index in [0.717, 1.165) is 15.9 Å². The Morgan fingerprint density at radius 3 is 2.79 bits per heavy atom. The molecule has 1 N–H and O–H groups in total. The van der Waals surface area contributed by atoms with Crippen molar-refractivity contribution in [1.82, 2.24) is 9.38 Å². The number of aliphatic hydroxyl groups is 1. The fraction of sp³-hybridized carbons (Fsp3) is 0.300. The molecule has 0 aliphatic rings. The summed E-state index contributed by atoms with van der Waals surface area (Å²) in [7, 11) is 0. The van der Waals surface area contributed by atoms with Crippen LogP contribution < -0.4 is 0 Å². The molecule has 0 saturated heterocycles. The van der Waals surface area contributed by atoms with Crippen LogP contribution in [0.5, 0.6) is 0 Å². The predicted octanol–water partition coefficient (Wildman–Crippen LogP) is 2.46. The van der Waals surface area contributed by atoms with Gasteiger partial charge in [-0.05, 0) is 41.9 Å². The van der Waals surface area contributed by atoms with Gasteiger partial charge in [-0.15, -0.1) is 0 Å². The van der Waals surface area contributed by atoms with Crippen LogP contribution in [0.25, 0.3) is 5.65 Å². The molecule has 1 atom stereocenters. The molecule has 2 heterocycles. The van der Waals surface area contributed by atoms with Gasteiger partial charge in [-0.3, -0.25) is 4.40 Å². The van der Waals surface area contributed by atoms with E-state index in [1.54, 1.807) is 6.92 Å². The molecule has 0 aromatic carbocycles. The Balaban J connectivity index is 2.81. The van der Waals surface area contributed by atoms with Crippen molar-refractivity contribution in [1.29, 1.82) is 0 Å². The lowest BCUT2D eigenvalue weighted by Crippen LogP contribution is -1.93. The van der Waals surface area contributed by atoms with Crippen LogP contribution in [0, 0.1) is 6.92 Å². The molecule has 0 radical (unpaired) electrons. The molecule has 2 aromatic rings. The van der Waals surface area contributed by atoms with Crippen molar-refractivity contribution < 1.29 is 5.11 Å². The number of aryl methyl sites for hydroxylation is 1. The Morgan fingerprint density at radius 2 is 2.21 bits per heavy atom. The van der Waals surface area contributed by atoms with Gasteiger partial charge in [-0.1, -0.05) is 6.07 Å². The fourth-order valence-electron chi connectivity index (χ4n) is 1.50. The summed E-state index contributed by atoms with van der Waals surface area (Å²) >= 11 is 3.44. The van der Waals surface area contributed by atoms with Crippen LogP contribution in [0.3, 0.4) is 0 Å². The second-order valence-electron chi connectivity index (χ2n) is 3.32. The number of hydrogen-bond acceptors (Lipinski definition) is 2. The number of aliphatic hydroxyl groups excluding tert-OH is 1. The van der Waals surface area contributed by atoms with Crippen molar-refractivity contribution in [2.45, 2.75) is 20.0 Å². The highest BCUT2D eigenvalue weighted by atomic mass is 79.9. The van der Waals surface area contributed by atoms with Crippen molar-refractivity contribution >= 4 is 21.6 Å². The first-order chi connectivity index (χ1) is 6.61. The van der Waals surface area contributed by atoms with E-state index >= 15 is 0 Å². The lowest BCUT2D eigenvalue weighted by molar-refractivity contribution is 0.194. The van der Waals surface area contributed by atoms with Crippen LogP contribution >= 0.6 is 15.9 Å². The van der Waals surface area contributed by atoms with Gasteiger partial charge in [-0.2, -0.15) is 0 Å². The third-order valence-electron chi connectivity index (χ3n) is 2.20. The molecule has 0 amide bonds. The lowest BCUT2D eigenvalue weighted by atomic mass is 10.3. The Morgan fingerprint density at radius 1 is 1.50 bits per heavy atom.